The van der Waals surface area contributed by atoms with E-state index < -0.39 is 12.0 Å². The van der Waals surface area contributed by atoms with Gasteiger partial charge in [-0.2, -0.15) is 4.99 Å². The zero-order valence-electron chi connectivity index (χ0n) is 17.6. The van der Waals surface area contributed by atoms with E-state index in [0.717, 1.165) is 12.8 Å². The number of esters is 1. The van der Waals surface area contributed by atoms with Gasteiger partial charge in [-0.1, -0.05) is 46.6 Å². The molecule has 0 unspecified atom stereocenters. The molecule has 0 spiro atoms. The Balaban J connectivity index is 3.97. The zero-order chi connectivity index (χ0) is 21.6. The first-order valence-corrected chi connectivity index (χ1v) is 9.53. The van der Waals surface area contributed by atoms with Gasteiger partial charge in [0.15, 0.2) is 0 Å². The summed E-state index contributed by atoms with van der Waals surface area (Å²) in [5.41, 5.74) is 11.9. The Kier molecular flexibility index (Phi) is 12.3. The summed E-state index contributed by atoms with van der Waals surface area (Å²) >= 11 is 0. The summed E-state index contributed by atoms with van der Waals surface area (Å²) < 4.78 is 4.84. The summed E-state index contributed by atoms with van der Waals surface area (Å²) in [5.74, 6) is -0.660. The largest absolute Gasteiger partial charge is 0.460 e. The van der Waals surface area contributed by atoms with Gasteiger partial charge in [-0.05, 0) is 25.2 Å². The van der Waals surface area contributed by atoms with Crippen molar-refractivity contribution in [3.05, 3.63) is 12.2 Å². The fourth-order valence-electron chi connectivity index (χ4n) is 2.09. The van der Waals surface area contributed by atoms with E-state index >= 15 is 0 Å². The number of hydrogen-bond donors (Lipinski definition) is 4. The third-order valence-corrected chi connectivity index (χ3v) is 3.55. The van der Waals surface area contributed by atoms with Crippen molar-refractivity contribution in [2.75, 3.05) is 19.7 Å². The number of carbonyl (C=O) groups is 2. The predicted octanol–water partition coefficient (Wildman–Crippen LogP) is 2.03. The van der Waals surface area contributed by atoms with Crippen LogP contribution in [0.1, 0.15) is 59.8 Å². The number of nitrogens with one attached hydrogen (secondary N) is 2. The molecule has 0 radical (unpaired) electrons. The van der Waals surface area contributed by atoms with Gasteiger partial charge in [0.25, 0.3) is 0 Å². The van der Waals surface area contributed by atoms with Crippen LogP contribution in [0.4, 0.5) is 4.79 Å². The van der Waals surface area contributed by atoms with E-state index in [0.29, 0.717) is 17.5 Å². The smallest absolute Gasteiger partial charge is 0.333 e. The lowest BCUT2D eigenvalue weighted by molar-refractivity contribution is -0.138. The van der Waals surface area contributed by atoms with Crippen molar-refractivity contribution in [1.82, 2.24) is 10.6 Å². The van der Waals surface area contributed by atoms with E-state index in [-0.39, 0.29) is 25.1 Å². The van der Waals surface area contributed by atoms with E-state index in [2.05, 4.69) is 48.0 Å². The van der Waals surface area contributed by atoms with Gasteiger partial charge in [0.05, 0.1) is 6.54 Å². The number of nitrogens with zero attached hydrogens (tertiary/aromatic N) is 2. The monoisotopic (exact) mass is 396 g/mol. The predicted molar refractivity (Wildman–Crippen MR) is 113 cm³/mol. The van der Waals surface area contributed by atoms with Crippen molar-refractivity contribution >= 4 is 23.9 Å². The van der Waals surface area contributed by atoms with E-state index in [1.807, 2.05) is 0 Å². The first kappa shape index (κ1) is 25.4. The number of unbranched alkanes of at least 4 members (excludes halogenated alkanes) is 3. The third kappa shape index (κ3) is 15.7. The van der Waals surface area contributed by atoms with Crippen molar-refractivity contribution in [1.29, 1.82) is 0 Å². The third-order valence-electron chi connectivity index (χ3n) is 3.55. The maximum absolute atomic E-state index is 11.6. The number of nitrogens with two attached hydrogens (primary N) is 2. The molecule has 0 saturated carbocycles. The molecule has 0 aromatic carbocycles. The molecule has 0 atom stereocenters. The second-order valence-electron chi connectivity index (χ2n) is 7.76. The van der Waals surface area contributed by atoms with Gasteiger partial charge in [-0.15, -0.1) is 0 Å². The average molecular weight is 397 g/mol. The van der Waals surface area contributed by atoms with Gasteiger partial charge in [-0.25, -0.2) is 9.59 Å². The molecule has 9 heteroatoms. The molecule has 0 rings (SSSR count). The molecule has 2 amide bonds. The number of urea groups is 1. The molecule has 0 aromatic heterocycles. The molecule has 0 aromatic rings. The van der Waals surface area contributed by atoms with E-state index in [9.17, 15) is 9.59 Å². The Morgan fingerprint density at radius 2 is 1.75 bits per heavy atom. The molecular formula is C19H36N6O3. The topological polar surface area (TPSA) is 144 Å². The second kappa shape index (κ2) is 13.6. The number of ether oxygens (including phenoxy) is 1. The normalized spacial score (nSPS) is 12.4. The molecule has 0 aliphatic heterocycles. The summed E-state index contributed by atoms with van der Waals surface area (Å²) in [6.45, 7) is 12.4. The van der Waals surface area contributed by atoms with Crippen LogP contribution in [0.15, 0.2) is 22.1 Å². The van der Waals surface area contributed by atoms with Gasteiger partial charge in [0, 0.05) is 12.1 Å². The van der Waals surface area contributed by atoms with Gasteiger partial charge in [0.1, 0.15) is 6.61 Å². The van der Waals surface area contributed by atoms with Gasteiger partial charge in [0.2, 0.25) is 11.9 Å². The minimum absolute atomic E-state index is 0.0166. The van der Waals surface area contributed by atoms with Crippen molar-refractivity contribution in [3.63, 3.8) is 0 Å². The van der Waals surface area contributed by atoms with Crippen LogP contribution in [0, 0.1) is 5.41 Å². The van der Waals surface area contributed by atoms with Gasteiger partial charge < -0.3 is 21.5 Å². The van der Waals surface area contributed by atoms with Gasteiger partial charge >= 0.3 is 12.0 Å². The highest BCUT2D eigenvalue weighted by molar-refractivity contribution is 6.01. The Morgan fingerprint density at radius 3 is 2.36 bits per heavy atom. The number of aliphatic imine (C=N–C) groups is 2. The molecule has 6 N–H and O–H groups in total. The first-order valence-electron chi connectivity index (χ1n) is 9.53. The minimum Gasteiger partial charge on any atom is -0.460 e. The van der Waals surface area contributed by atoms with Crippen LogP contribution in [-0.4, -0.2) is 43.6 Å². The van der Waals surface area contributed by atoms with Crippen LogP contribution in [0.25, 0.3) is 0 Å². The van der Waals surface area contributed by atoms with Crippen LogP contribution < -0.4 is 22.1 Å². The van der Waals surface area contributed by atoms with Crippen LogP contribution in [0.2, 0.25) is 0 Å². The van der Waals surface area contributed by atoms with Crippen molar-refractivity contribution < 1.29 is 14.3 Å². The first-order chi connectivity index (χ1) is 13.0. The molecule has 9 nitrogen and oxygen atoms in total. The fourth-order valence-corrected chi connectivity index (χ4v) is 2.09. The number of hydrogen-bond acceptors (Lipinski definition) is 4. The number of guanidine groups is 2. The SMILES string of the molecule is C=C(C)C(=O)OCCNC(=O)N/C(N)=N/C(N)=NCCCCCCC(C)(C)C. The van der Waals surface area contributed by atoms with Crippen molar-refractivity contribution in [3.8, 4) is 0 Å². The van der Waals surface area contributed by atoms with Crippen LogP contribution >= 0.6 is 0 Å². The quantitative estimate of drug-likeness (QED) is 0.147. The Labute approximate surface area is 168 Å². The minimum atomic E-state index is -0.584. The maximum atomic E-state index is 11.6. The maximum Gasteiger partial charge on any atom is 0.333 e. The average Bonchev–Trinajstić information content (AvgIpc) is 2.56. The molecule has 0 aliphatic carbocycles. The molecule has 0 fully saturated rings. The van der Waals surface area contributed by atoms with Crippen molar-refractivity contribution in [2.45, 2.75) is 59.8 Å². The number of rotatable bonds is 10. The Hall–Kier alpha value is -2.58. The summed E-state index contributed by atoms with van der Waals surface area (Å²) in [7, 11) is 0. The van der Waals surface area contributed by atoms with E-state index in [1.54, 1.807) is 6.92 Å². The summed E-state index contributed by atoms with van der Waals surface area (Å²) in [5, 5.41) is 4.78. The standard InChI is InChI=1S/C19H36N6O3/c1-14(2)15(26)28-13-12-23-18(27)25-17(21)24-16(20)22-11-9-7-6-8-10-19(3,4)5/h1,6-13H2,2-5H3,(H6,20,21,22,23,24,25,27). The summed E-state index contributed by atoms with van der Waals surface area (Å²) in [4.78, 5) is 30.7. The molecule has 28 heavy (non-hydrogen) atoms. The lowest BCUT2D eigenvalue weighted by Crippen LogP contribution is -2.45. The van der Waals surface area contributed by atoms with E-state index in [4.69, 9.17) is 16.2 Å². The van der Waals surface area contributed by atoms with Crippen LogP contribution in [0.5, 0.6) is 0 Å². The molecular weight excluding hydrogens is 360 g/mol. The fraction of sp³-hybridized carbons (Fsp3) is 0.684. The summed E-state index contributed by atoms with van der Waals surface area (Å²) in [6, 6.07) is -0.584. The van der Waals surface area contributed by atoms with Crippen LogP contribution in [0.3, 0.4) is 0 Å². The summed E-state index contributed by atoms with van der Waals surface area (Å²) in [6.07, 6.45) is 5.60. The molecule has 160 valence electrons. The Morgan fingerprint density at radius 1 is 1.11 bits per heavy atom. The molecule has 0 saturated heterocycles. The second-order valence-corrected chi connectivity index (χ2v) is 7.76. The molecule has 0 aliphatic rings. The Bertz CT molecular complexity index is 579. The highest BCUT2D eigenvalue weighted by Crippen LogP contribution is 2.22. The molecule has 0 heterocycles. The highest BCUT2D eigenvalue weighted by atomic mass is 16.5. The van der Waals surface area contributed by atoms with Crippen molar-refractivity contribution in [2.24, 2.45) is 26.9 Å². The zero-order valence-corrected chi connectivity index (χ0v) is 17.6. The highest BCUT2D eigenvalue weighted by Gasteiger charge is 2.08. The number of carbonyl (C=O) groups excluding carboxylic acids is 2. The molecule has 0 bridgehead atoms. The lowest BCUT2D eigenvalue weighted by Gasteiger charge is -2.17. The van der Waals surface area contributed by atoms with Crippen LogP contribution in [-0.2, 0) is 9.53 Å². The number of amides is 2. The van der Waals surface area contributed by atoms with E-state index in [1.165, 1.54) is 19.3 Å². The lowest BCUT2D eigenvalue weighted by atomic mass is 9.89. The van der Waals surface area contributed by atoms with Gasteiger partial charge in [-0.3, -0.25) is 10.3 Å².